The van der Waals surface area contributed by atoms with Gasteiger partial charge in [-0.15, -0.1) is 0 Å². The number of alkyl halides is 3. The van der Waals surface area contributed by atoms with Gasteiger partial charge in [-0.25, -0.2) is 9.07 Å². The minimum atomic E-state index is -4.41. The van der Waals surface area contributed by atoms with Crippen LogP contribution in [0.3, 0.4) is 0 Å². The normalized spacial score (nSPS) is 13.0. The maximum Gasteiger partial charge on any atom is 0.399 e. The molecule has 0 radical (unpaired) electrons. The lowest BCUT2D eigenvalue weighted by atomic mass is 9.90. The first kappa shape index (κ1) is 17.3. The second-order valence-corrected chi connectivity index (χ2v) is 6.24. The Hall–Kier alpha value is -3.15. The quantitative estimate of drug-likeness (QED) is 0.413. The van der Waals surface area contributed by atoms with Crippen LogP contribution in [-0.4, -0.2) is 16.0 Å². The van der Waals surface area contributed by atoms with Gasteiger partial charge in [-0.05, 0) is 47.5 Å². The molecule has 0 bridgehead atoms. The Morgan fingerprint density at radius 3 is 2.19 bits per heavy atom. The largest absolute Gasteiger partial charge is 0.399 e. The Kier molecular flexibility index (Phi) is 4.18. The van der Waals surface area contributed by atoms with E-state index in [1.165, 1.54) is 42.6 Å². The van der Waals surface area contributed by atoms with Crippen molar-refractivity contribution in [1.82, 2.24) is 9.78 Å². The van der Waals surface area contributed by atoms with Crippen LogP contribution < -0.4 is 0 Å². The van der Waals surface area contributed by atoms with Gasteiger partial charge in [0.2, 0.25) is 0 Å². The van der Waals surface area contributed by atoms with E-state index < -0.39 is 12.1 Å². The molecular formula is C21H14F4N2. The van der Waals surface area contributed by atoms with E-state index in [9.17, 15) is 17.6 Å². The highest BCUT2D eigenvalue weighted by Gasteiger charge is 2.41. The predicted molar refractivity (Wildman–Crippen MR) is 95.4 cm³/mol. The summed E-state index contributed by atoms with van der Waals surface area (Å²) >= 11 is 0. The van der Waals surface area contributed by atoms with E-state index in [1.807, 2.05) is 0 Å². The highest BCUT2D eigenvalue weighted by Crippen LogP contribution is 2.40. The van der Waals surface area contributed by atoms with Gasteiger partial charge in [-0.2, -0.15) is 18.3 Å². The summed E-state index contributed by atoms with van der Waals surface area (Å²) < 4.78 is 55.9. The van der Waals surface area contributed by atoms with E-state index in [0.717, 1.165) is 0 Å². The van der Waals surface area contributed by atoms with Crippen LogP contribution in [0.5, 0.6) is 0 Å². The van der Waals surface area contributed by atoms with Gasteiger partial charge in [-0.1, -0.05) is 36.4 Å². The Morgan fingerprint density at radius 1 is 0.815 bits per heavy atom. The smallest absolute Gasteiger partial charge is 0.233 e. The van der Waals surface area contributed by atoms with Gasteiger partial charge in [0.15, 0.2) is 0 Å². The summed E-state index contributed by atoms with van der Waals surface area (Å²) in [6, 6.07) is 18.2. The molecule has 0 aliphatic rings. The van der Waals surface area contributed by atoms with Crippen LogP contribution in [0.1, 0.15) is 17.0 Å². The van der Waals surface area contributed by atoms with Gasteiger partial charge in [0.1, 0.15) is 11.7 Å². The molecule has 4 aromatic rings. The van der Waals surface area contributed by atoms with E-state index in [-0.39, 0.29) is 16.9 Å². The number of fused-ring (bicyclic) bond motifs is 1. The third kappa shape index (κ3) is 3.30. The molecule has 0 aliphatic carbocycles. The lowest BCUT2D eigenvalue weighted by Gasteiger charge is -2.21. The minimum absolute atomic E-state index is 0.153. The van der Waals surface area contributed by atoms with Crippen molar-refractivity contribution in [2.45, 2.75) is 12.1 Å². The van der Waals surface area contributed by atoms with Crippen LogP contribution in [0.4, 0.5) is 17.6 Å². The lowest BCUT2D eigenvalue weighted by molar-refractivity contribution is -0.141. The van der Waals surface area contributed by atoms with Gasteiger partial charge < -0.3 is 0 Å². The lowest BCUT2D eigenvalue weighted by Crippen LogP contribution is -2.21. The maximum absolute atomic E-state index is 13.7. The van der Waals surface area contributed by atoms with Crippen molar-refractivity contribution in [3.63, 3.8) is 0 Å². The fourth-order valence-electron chi connectivity index (χ4n) is 3.23. The molecule has 3 aromatic carbocycles. The molecule has 136 valence electrons. The third-order valence-corrected chi connectivity index (χ3v) is 4.46. The van der Waals surface area contributed by atoms with E-state index in [4.69, 9.17) is 0 Å². The van der Waals surface area contributed by atoms with Gasteiger partial charge in [-0.3, -0.25) is 0 Å². The summed E-state index contributed by atoms with van der Waals surface area (Å²) in [7, 11) is 0. The Labute approximate surface area is 152 Å². The van der Waals surface area contributed by atoms with E-state index in [2.05, 4.69) is 5.10 Å². The molecule has 0 aliphatic heterocycles. The van der Waals surface area contributed by atoms with E-state index >= 15 is 0 Å². The van der Waals surface area contributed by atoms with Gasteiger partial charge in [0, 0.05) is 5.39 Å². The van der Waals surface area contributed by atoms with Crippen molar-refractivity contribution in [3.05, 3.63) is 95.9 Å². The van der Waals surface area contributed by atoms with Crippen molar-refractivity contribution in [2.24, 2.45) is 0 Å². The van der Waals surface area contributed by atoms with Gasteiger partial charge >= 0.3 is 6.18 Å². The molecule has 6 heteroatoms. The molecule has 0 spiro atoms. The zero-order valence-corrected chi connectivity index (χ0v) is 14.0. The molecular weight excluding hydrogens is 356 g/mol. The molecule has 0 amide bonds. The molecule has 1 aromatic heterocycles. The monoisotopic (exact) mass is 370 g/mol. The van der Waals surface area contributed by atoms with Crippen molar-refractivity contribution < 1.29 is 17.6 Å². The van der Waals surface area contributed by atoms with Gasteiger partial charge in [0.25, 0.3) is 0 Å². The molecule has 27 heavy (non-hydrogen) atoms. The average molecular weight is 370 g/mol. The van der Waals surface area contributed by atoms with E-state index in [0.29, 0.717) is 16.6 Å². The fourth-order valence-corrected chi connectivity index (χ4v) is 3.23. The number of nitrogens with zero attached hydrogens (tertiary/aromatic N) is 2. The number of benzene rings is 3. The second-order valence-electron chi connectivity index (χ2n) is 6.24. The Bertz CT molecular complexity index is 1070. The van der Waals surface area contributed by atoms with Crippen LogP contribution >= 0.6 is 0 Å². The zero-order chi connectivity index (χ0) is 19.0. The first-order chi connectivity index (χ1) is 12.9. The third-order valence-electron chi connectivity index (χ3n) is 4.46. The number of aromatic nitrogens is 2. The summed E-state index contributed by atoms with van der Waals surface area (Å²) in [6.07, 6.45) is -2.90. The number of halogens is 4. The Balaban J connectivity index is 1.80. The molecule has 2 nitrogen and oxygen atoms in total. The van der Waals surface area contributed by atoms with E-state index in [1.54, 1.807) is 41.1 Å². The van der Waals surface area contributed by atoms with Crippen molar-refractivity contribution >= 4 is 10.9 Å². The number of rotatable bonds is 3. The number of hydrogen-bond donors (Lipinski definition) is 0. The first-order valence-corrected chi connectivity index (χ1v) is 8.29. The molecule has 1 atom stereocenters. The SMILES string of the molecule is Fc1ccc(-n2ncc3cc(C(c4ccccc4)C(F)(F)F)ccc32)cc1. The standard InChI is InChI=1S/C21H14F4N2/c22-17-7-9-18(10-8-17)27-19-11-6-15(12-16(19)13-26-27)20(21(23,24)25)14-4-2-1-3-5-14/h1-13,20H. The molecule has 0 N–H and O–H groups in total. The van der Waals surface area contributed by atoms with Crippen molar-refractivity contribution in [2.75, 3.05) is 0 Å². The summed E-state index contributed by atoms with van der Waals surface area (Å²) in [4.78, 5) is 0. The summed E-state index contributed by atoms with van der Waals surface area (Å²) in [5, 5.41) is 4.83. The molecule has 0 saturated heterocycles. The molecule has 4 rings (SSSR count). The summed E-state index contributed by atoms with van der Waals surface area (Å²) in [6.45, 7) is 0. The molecule has 0 fully saturated rings. The van der Waals surface area contributed by atoms with Crippen LogP contribution in [0.25, 0.3) is 16.6 Å². The highest BCUT2D eigenvalue weighted by molar-refractivity contribution is 5.81. The molecule has 0 saturated carbocycles. The fraction of sp³-hybridized carbons (Fsp3) is 0.0952. The molecule has 1 heterocycles. The van der Waals surface area contributed by atoms with Crippen molar-refractivity contribution in [1.29, 1.82) is 0 Å². The van der Waals surface area contributed by atoms with Gasteiger partial charge in [0.05, 0.1) is 17.4 Å². The first-order valence-electron chi connectivity index (χ1n) is 8.29. The topological polar surface area (TPSA) is 17.8 Å². The average Bonchev–Trinajstić information content (AvgIpc) is 3.05. The predicted octanol–water partition coefficient (Wildman–Crippen LogP) is 5.86. The minimum Gasteiger partial charge on any atom is -0.233 e. The van der Waals surface area contributed by atoms with Crippen LogP contribution in [0.15, 0.2) is 79.0 Å². The highest BCUT2D eigenvalue weighted by atomic mass is 19.4. The summed E-state index contributed by atoms with van der Waals surface area (Å²) in [5.41, 5.74) is 1.63. The second kappa shape index (κ2) is 6.54. The summed E-state index contributed by atoms with van der Waals surface area (Å²) in [5.74, 6) is -2.08. The van der Waals surface area contributed by atoms with Crippen LogP contribution in [-0.2, 0) is 0 Å². The number of hydrogen-bond acceptors (Lipinski definition) is 1. The Morgan fingerprint density at radius 2 is 1.52 bits per heavy atom. The zero-order valence-electron chi connectivity index (χ0n) is 14.0. The van der Waals surface area contributed by atoms with Crippen LogP contribution in [0.2, 0.25) is 0 Å². The molecule has 1 unspecified atom stereocenters. The van der Waals surface area contributed by atoms with Crippen molar-refractivity contribution in [3.8, 4) is 5.69 Å². The maximum atomic E-state index is 13.7. The van der Waals surface area contributed by atoms with Crippen LogP contribution in [0, 0.1) is 5.82 Å².